The highest BCUT2D eigenvalue weighted by atomic mass is 35.5. The van der Waals surface area contributed by atoms with E-state index in [1.54, 1.807) is 24.4 Å². The van der Waals surface area contributed by atoms with Crippen molar-refractivity contribution in [3.05, 3.63) is 61.3 Å². The van der Waals surface area contributed by atoms with E-state index in [2.05, 4.69) is 15.5 Å². The Morgan fingerprint density at radius 3 is 2.47 bits per heavy atom. The Bertz CT molecular complexity index is 1080. The summed E-state index contributed by atoms with van der Waals surface area (Å²) in [5.41, 5.74) is 0.394. The molecule has 0 atom stereocenters. The number of carbonyl (C=O) groups excluding carboxylic acids is 1. The number of amides is 1. The number of halogens is 3. The van der Waals surface area contributed by atoms with Crippen LogP contribution in [-0.2, 0) is 17.9 Å². The van der Waals surface area contributed by atoms with Crippen LogP contribution in [-0.4, -0.2) is 37.5 Å². The molecule has 0 radical (unpaired) electrons. The molecular formula is C17H15Cl3N6O4. The number of rotatable bonds is 8. The Labute approximate surface area is 185 Å². The van der Waals surface area contributed by atoms with Crippen LogP contribution in [0.1, 0.15) is 12.0 Å². The van der Waals surface area contributed by atoms with E-state index in [0.717, 1.165) is 0 Å². The highest BCUT2D eigenvalue weighted by Crippen LogP contribution is 2.27. The maximum absolute atomic E-state index is 12.2. The van der Waals surface area contributed by atoms with Crippen molar-refractivity contribution in [2.24, 2.45) is 0 Å². The summed E-state index contributed by atoms with van der Waals surface area (Å²) in [7, 11) is 1.28. The van der Waals surface area contributed by atoms with E-state index in [4.69, 9.17) is 39.5 Å². The first-order chi connectivity index (χ1) is 14.3. The van der Waals surface area contributed by atoms with Crippen molar-refractivity contribution < 1.29 is 14.5 Å². The summed E-state index contributed by atoms with van der Waals surface area (Å²) >= 11 is 18.5. The van der Waals surface area contributed by atoms with Gasteiger partial charge in [0.2, 0.25) is 5.91 Å². The van der Waals surface area contributed by atoms with Crippen LogP contribution in [0.2, 0.25) is 15.1 Å². The molecule has 158 valence electrons. The predicted octanol–water partition coefficient (Wildman–Crippen LogP) is 4.03. The van der Waals surface area contributed by atoms with Gasteiger partial charge in [-0.25, -0.2) is 0 Å². The molecule has 0 spiro atoms. The third-order valence-electron chi connectivity index (χ3n) is 4.02. The molecule has 3 rings (SSSR count). The molecule has 0 unspecified atom stereocenters. The number of benzene rings is 1. The van der Waals surface area contributed by atoms with Crippen LogP contribution in [0.15, 0.2) is 30.6 Å². The number of aryl methyl sites for hydroxylation is 1. The average Bonchev–Trinajstić information content (AvgIpc) is 3.26. The third-order valence-corrected chi connectivity index (χ3v) is 5.01. The molecule has 0 bridgehead atoms. The molecule has 0 fully saturated rings. The van der Waals surface area contributed by atoms with Gasteiger partial charge in [0.1, 0.15) is 11.2 Å². The fraction of sp³-hybridized carbons (Fsp3) is 0.235. The Morgan fingerprint density at radius 2 is 1.87 bits per heavy atom. The highest BCUT2D eigenvalue weighted by molar-refractivity contribution is 6.36. The maximum Gasteiger partial charge on any atom is 0.350 e. The van der Waals surface area contributed by atoms with E-state index >= 15 is 0 Å². The lowest BCUT2D eigenvalue weighted by Gasteiger charge is -2.07. The summed E-state index contributed by atoms with van der Waals surface area (Å²) in [6.07, 6.45) is 2.72. The molecule has 0 saturated heterocycles. The number of methoxy groups -OCH3 is 1. The van der Waals surface area contributed by atoms with Crippen LogP contribution in [0.3, 0.4) is 0 Å². The van der Waals surface area contributed by atoms with Crippen molar-refractivity contribution in [2.75, 3.05) is 12.4 Å². The van der Waals surface area contributed by atoms with Gasteiger partial charge < -0.3 is 10.1 Å². The third kappa shape index (κ3) is 5.02. The zero-order valence-electron chi connectivity index (χ0n) is 15.5. The van der Waals surface area contributed by atoms with Gasteiger partial charge in [-0.05, 0) is 12.1 Å². The maximum atomic E-state index is 12.2. The lowest BCUT2D eigenvalue weighted by molar-refractivity contribution is -0.385. The van der Waals surface area contributed by atoms with Crippen LogP contribution in [0, 0.1) is 10.1 Å². The highest BCUT2D eigenvalue weighted by Gasteiger charge is 2.20. The molecule has 30 heavy (non-hydrogen) atoms. The van der Waals surface area contributed by atoms with Crippen molar-refractivity contribution in [1.82, 2.24) is 19.6 Å². The number of nitrogens with zero attached hydrogens (tertiary/aromatic N) is 5. The second-order valence-corrected chi connectivity index (χ2v) is 7.29. The largest absolute Gasteiger partial charge is 0.475 e. The van der Waals surface area contributed by atoms with Gasteiger partial charge in [0, 0.05) is 28.2 Å². The second kappa shape index (κ2) is 9.33. The van der Waals surface area contributed by atoms with Crippen LogP contribution in [0.4, 0.5) is 11.5 Å². The van der Waals surface area contributed by atoms with Gasteiger partial charge in [-0.3, -0.25) is 24.3 Å². The molecule has 13 heteroatoms. The van der Waals surface area contributed by atoms with Gasteiger partial charge in [-0.1, -0.05) is 40.9 Å². The van der Waals surface area contributed by atoms with Crippen LogP contribution in [0.5, 0.6) is 5.88 Å². The Balaban J connectivity index is 1.63. The minimum absolute atomic E-state index is 0.0124. The smallest absolute Gasteiger partial charge is 0.350 e. The van der Waals surface area contributed by atoms with Crippen LogP contribution < -0.4 is 10.1 Å². The van der Waals surface area contributed by atoms with E-state index in [1.165, 1.54) is 22.7 Å². The quantitative estimate of drug-likeness (QED) is 0.390. The number of hydrogen-bond donors (Lipinski definition) is 1. The molecule has 0 aliphatic heterocycles. The summed E-state index contributed by atoms with van der Waals surface area (Å²) in [6.45, 7) is 0.369. The van der Waals surface area contributed by atoms with Gasteiger partial charge in [-0.2, -0.15) is 5.10 Å². The number of hydrogen-bond acceptors (Lipinski definition) is 6. The molecule has 0 aliphatic rings. The number of ether oxygens (including phenoxy) is 1. The van der Waals surface area contributed by atoms with Crippen molar-refractivity contribution in [2.45, 2.75) is 19.5 Å². The molecule has 2 aromatic heterocycles. The Hall–Kier alpha value is -2.82. The number of nitro groups is 1. The predicted molar refractivity (Wildman–Crippen MR) is 111 cm³/mol. The average molecular weight is 474 g/mol. The zero-order chi connectivity index (χ0) is 21.8. The fourth-order valence-electron chi connectivity index (χ4n) is 2.60. The lowest BCUT2D eigenvalue weighted by atomic mass is 10.2. The summed E-state index contributed by atoms with van der Waals surface area (Å²) in [4.78, 5) is 22.6. The SMILES string of the molecule is COc1nn(CCC(=O)Nc2nn(Cc3c(Cl)cccc3Cl)cc2Cl)cc1[N+](=O)[O-]. The van der Waals surface area contributed by atoms with Crippen LogP contribution in [0.25, 0.3) is 0 Å². The number of nitrogens with one attached hydrogen (secondary N) is 1. The van der Waals surface area contributed by atoms with Crippen molar-refractivity contribution in [3.8, 4) is 5.88 Å². The number of carbonyl (C=O) groups is 1. The van der Waals surface area contributed by atoms with Gasteiger partial charge >= 0.3 is 11.6 Å². The summed E-state index contributed by atoms with van der Waals surface area (Å²) in [5, 5.41) is 22.9. The first-order valence-corrected chi connectivity index (χ1v) is 9.63. The summed E-state index contributed by atoms with van der Waals surface area (Å²) in [6, 6.07) is 5.16. The molecule has 3 aromatic rings. The minimum Gasteiger partial charge on any atom is -0.475 e. The molecule has 1 N–H and O–H groups in total. The van der Waals surface area contributed by atoms with E-state index in [0.29, 0.717) is 15.6 Å². The zero-order valence-corrected chi connectivity index (χ0v) is 17.8. The summed E-state index contributed by atoms with van der Waals surface area (Å²) < 4.78 is 7.62. The Kier molecular flexibility index (Phi) is 6.80. The molecule has 1 aromatic carbocycles. The lowest BCUT2D eigenvalue weighted by Crippen LogP contribution is -2.15. The van der Waals surface area contributed by atoms with Gasteiger partial charge in [0.05, 0.1) is 25.1 Å². The van der Waals surface area contributed by atoms with Crippen LogP contribution >= 0.6 is 34.8 Å². The van der Waals surface area contributed by atoms with E-state index in [9.17, 15) is 14.9 Å². The van der Waals surface area contributed by atoms with Crippen molar-refractivity contribution in [1.29, 1.82) is 0 Å². The van der Waals surface area contributed by atoms with E-state index < -0.39 is 10.8 Å². The Morgan fingerprint density at radius 1 is 1.17 bits per heavy atom. The van der Waals surface area contributed by atoms with Crippen molar-refractivity contribution in [3.63, 3.8) is 0 Å². The van der Waals surface area contributed by atoms with Gasteiger partial charge in [0.25, 0.3) is 0 Å². The number of anilines is 1. The molecule has 1 amide bonds. The molecule has 0 saturated carbocycles. The monoisotopic (exact) mass is 472 g/mol. The molecule has 0 aliphatic carbocycles. The first-order valence-electron chi connectivity index (χ1n) is 8.50. The van der Waals surface area contributed by atoms with Gasteiger partial charge in [-0.15, -0.1) is 5.10 Å². The fourth-order valence-corrected chi connectivity index (χ4v) is 3.31. The summed E-state index contributed by atoms with van der Waals surface area (Å²) in [5.74, 6) is -0.343. The molecule has 2 heterocycles. The van der Waals surface area contributed by atoms with Crippen molar-refractivity contribution >= 4 is 52.2 Å². The first kappa shape index (κ1) is 21.9. The second-order valence-electron chi connectivity index (χ2n) is 6.07. The van der Waals surface area contributed by atoms with E-state index in [1.807, 2.05) is 0 Å². The molecule has 10 nitrogen and oxygen atoms in total. The number of aromatic nitrogens is 4. The topological polar surface area (TPSA) is 117 Å². The normalized spacial score (nSPS) is 10.8. The molecular weight excluding hydrogens is 459 g/mol. The van der Waals surface area contributed by atoms with Gasteiger partial charge in [0.15, 0.2) is 5.82 Å². The standard InChI is InChI=1S/C17H15Cl3N6O4/c1-30-17-14(26(28)29)9-24(23-17)6-5-15(27)21-16-13(20)8-25(22-16)7-10-11(18)3-2-4-12(10)19/h2-4,8-9H,5-7H2,1H3,(H,21,22,27). The minimum atomic E-state index is -0.611. The van der Waals surface area contributed by atoms with E-state index in [-0.39, 0.29) is 41.9 Å².